The molecular weight excluding hydrogens is 164 g/mol. The van der Waals surface area contributed by atoms with Crippen LogP contribution in [-0.4, -0.2) is 14.9 Å². The van der Waals surface area contributed by atoms with Crippen molar-refractivity contribution in [2.24, 2.45) is 0 Å². The zero-order chi connectivity index (χ0) is 9.45. The number of hydrogen-bond acceptors (Lipinski definition) is 1. The molecule has 2 heteroatoms. The van der Waals surface area contributed by atoms with Crippen molar-refractivity contribution in [3.63, 3.8) is 0 Å². The summed E-state index contributed by atoms with van der Waals surface area (Å²) >= 11 is 0. The zero-order valence-electron chi connectivity index (χ0n) is 8.52. The van der Waals surface area contributed by atoms with Crippen LogP contribution in [0.15, 0.2) is 0 Å². The minimum atomic E-state index is -1.36. The first-order valence-corrected chi connectivity index (χ1v) is 7.81. The lowest BCUT2D eigenvalue weighted by molar-refractivity contribution is 0.315. The first kappa shape index (κ1) is 11.7. The van der Waals surface area contributed by atoms with E-state index in [0.717, 1.165) is 13.0 Å². The summed E-state index contributed by atoms with van der Waals surface area (Å²) in [5, 5.41) is 0. The van der Waals surface area contributed by atoms with Crippen molar-refractivity contribution in [3.8, 4) is 12.3 Å². The molecule has 0 aliphatic carbocycles. The van der Waals surface area contributed by atoms with E-state index in [9.17, 15) is 0 Å². The van der Waals surface area contributed by atoms with Gasteiger partial charge in [-0.2, -0.15) is 0 Å². The molecule has 0 amide bonds. The summed E-state index contributed by atoms with van der Waals surface area (Å²) in [7, 11) is -1.36. The number of rotatable bonds is 6. The lowest BCUT2D eigenvalue weighted by Gasteiger charge is -2.21. The van der Waals surface area contributed by atoms with Gasteiger partial charge in [0, 0.05) is 13.0 Å². The molecule has 0 radical (unpaired) electrons. The number of hydrogen-bond donors (Lipinski definition) is 0. The Morgan fingerprint density at radius 2 is 2.08 bits per heavy atom. The lowest BCUT2D eigenvalue weighted by Crippen LogP contribution is -2.30. The highest BCUT2D eigenvalue weighted by Gasteiger charge is 2.20. The van der Waals surface area contributed by atoms with Crippen LogP contribution in [-0.2, 0) is 4.43 Å². The van der Waals surface area contributed by atoms with E-state index >= 15 is 0 Å². The highest BCUT2D eigenvalue weighted by molar-refractivity contribution is 6.71. The SMILES string of the molecule is C#CCCO[Si](C)(C)CCCC. The fourth-order valence-electron chi connectivity index (χ4n) is 1.06. The second kappa shape index (κ2) is 6.27. The molecule has 0 aliphatic rings. The van der Waals surface area contributed by atoms with Crippen LogP contribution in [0.4, 0.5) is 0 Å². The summed E-state index contributed by atoms with van der Waals surface area (Å²) in [6.07, 6.45) is 8.44. The lowest BCUT2D eigenvalue weighted by atomic mass is 10.4. The van der Waals surface area contributed by atoms with Gasteiger partial charge in [-0.15, -0.1) is 12.3 Å². The Kier molecular flexibility index (Phi) is 6.14. The van der Waals surface area contributed by atoms with Crippen molar-refractivity contribution in [2.75, 3.05) is 6.61 Å². The van der Waals surface area contributed by atoms with Crippen molar-refractivity contribution < 1.29 is 4.43 Å². The average Bonchev–Trinajstić information content (AvgIpc) is 2.01. The smallest absolute Gasteiger partial charge is 0.186 e. The van der Waals surface area contributed by atoms with Gasteiger partial charge in [-0.3, -0.25) is 0 Å². The van der Waals surface area contributed by atoms with Crippen molar-refractivity contribution in [1.82, 2.24) is 0 Å². The van der Waals surface area contributed by atoms with Gasteiger partial charge in [-0.25, -0.2) is 0 Å². The molecule has 0 atom stereocenters. The Morgan fingerprint density at radius 3 is 2.58 bits per heavy atom. The Bertz CT molecular complexity index is 146. The molecule has 0 aliphatic heterocycles. The molecule has 12 heavy (non-hydrogen) atoms. The van der Waals surface area contributed by atoms with Gasteiger partial charge in [-0.05, 0) is 19.1 Å². The van der Waals surface area contributed by atoms with E-state index in [4.69, 9.17) is 10.8 Å². The quantitative estimate of drug-likeness (QED) is 0.350. The molecule has 0 aromatic heterocycles. The predicted molar refractivity (Wildman–Crippen MR) is 56.6 cm³/mol. The maximum absolute atomic E-state index is 5.77. The van der Waals surface area contributed by atoms with Gasteiger partial charge in [0.05, 0.1) is 0 Å². The highest BCUT2D eigenvalue weighted by Crippen LogP contribution is 2.14. The van der Waals surface area contributed by atoms with Crippen molar-refractivity contribution in [3.05, 3.63) is 0 Å². The van der Waals surface area contributed by atoms with Crippen LogP contribution in [0.5, 0.6) is 0 Å². The Hall–Kier alpha value is -0.263. The van der Waals surface area contributed by atoms with Gasteiger partial charge in [0.2, 0.25) is 0 Å². The third-order valence-electron chi connectivity index (χ3n) is 1.87. The predicted octanol–water partition coefficient (Wildman–Crippen LogP) is 3.03. The minimum Gasteiger partial charge on any atom is -0.416 e. The van der Waals surface area contributed by atoms with Crippen LogP contribution >= 0.6 is 0 Å². The van der Waals surface area contributed by atoms with E-state index in [0.29, 0.717) is 0 Å². The molecule has 0 bridgehead atoms. The molecule has 0 saturated carbocycles. The van der Waals surface area contributed by atoms with Crippen LogP contribution in [0.25, 0.3) is 0 Å². The number of unbranched alkanes of at least 4 members (excludes halogenated alkanes) is 1. The average molecular weight is 184 g/mol. The number of terminal acetylenes is 1. The van der Waals surface area contributed by atoms with Crippen LogP contribution in [0.1, 0.15) is 26.2 Å². The molecule has 0 fully saturated rings. The molecule has 0 N–H and O–H groups in total. The fourth-order valence-corrected chi connectivity index (χ4v) is 3.06. The molecule has 0 aromatic carbocycles. The maximum atomic E-state index is 5.77. The van der Waals surface area contributed by atoms with Crippen LogP contribution in [0, 0.1) is 12.3 Å². The van der Waals surface area contributed by atoms with E-state index in [1.165, 1.54) is 18.9 Å². The second-order valence-electron chi connectivity index (χ2n) is 3.67. The van der Waals surface area contributed by atoms with Crippen LogP contribution < -0.4 is 0 Å². The normalized spacial score (nSPS) is 11.2. The molecule has 0 aromatic rings. The molecule has 70 valence electrons. The summed E-state index contributed by atoms with van der Waals surface area (Å²) in [6, 6.07) is 1.26. The van der Waals surface area contributed by atoms with Gasteiger partial charge in [0.25, 0.3) is 0 Å². The molecular formula is C10H20OSi. The Morgan fingerprint density at radius 1 is 1.42 bits per heavy atom. The molecule has 0 heterocycles. The molecule has 0 saturated heterocycles. The standard InChI is InChI=1S/C10H20OSi/c1-5-7-9-11-12(3,4)10-8-6-2/h1H,6-10H2,2-4H3. The van der Waals surface area contributed by atoms with E-state index in [1.54, 1.807) is 0 Å². The Balaban J connectivity index is 3.50. The van der Waals surface area contributed by atoms with Crippen molar-refractivity contribution in [2.45, 2.75) is 45.3 Å². The summed E-state index contributed by atoms with van der Waals surface area (Å²) in [4.78, 5) is 0. The summed E-state index contributed by atoms with van der Waals surface area (Å²) in [5.74, 6) is 2.59. The molecule has 1 nitrogen and oxygen atoms in total. The zero-order valence-corrected chi connectivity index (χ0v) is 9.52. The fraction of sp³-hybridized carbons (Fsp3) is 0.800. The van der Waals surface area contributed by atoms with Gasteiger partial charge >= 0.3 is 0 Å². The van der Waals surface area contributed by atoms with Gasteiger partial charge in [0.15, 0.2) is 8.32 Å². The van der Waals surface area contributed by atoms with Gasteiger partial charge in [0.1, 0.15) is 0 Å². The largest absolute Gasteiger partial charge is 0.416 e. The molecule has 0 rings (SSSR count). The van der Waals surface area contributed by atoms with Crippen LogP contribution in [0.2, 0.25) is 19.1 Å². The highest BCUT2D eigenvalue weighted by atomic mass is 28.4. The van der Waals surface area contributed by atoms with Crippen molar-refractivity contribution >= 4 is 8.32 Å². The summed E-state index contributed by atoms with van der Waals surface area (Å²) < 4.78 is 5.77. The third kappa shape index (κ3) is 6.45. The Labute approximate surface area is 77.6 Å². The summed E-state index contributed by atoms with van der Waals surface area (Å²) in [5.41, 5.74) is 0. The van der Waals surface area contributed by atoms with E-state index in [2.05, 4.69) is 25.9 Å². The van der Waals surface area contributed by atoms with E-state index in [-0.39, 0.29) is 0 Å². The van der Waals surface area contributed by atoms with E-state index < -0.39 is 8.32 Å². The first-order valence-electron chi connectivity index (χ1n) is 4.70. The van der Waals surface area contributed by atoms with Crippen LogP contribution in [0.3, 0.4) is 0 Å². The summed E-state index contributed by atoms with van der Waals surface area (Å²) in [6.45, 7) is 7.49. The van der Waals surface area contributed by atoms with E-state index in [1.807, 2.05) is 0 Å². The van der Waals surface area contributed by atoms with Gasteiger partial charge in [-0.1, -0.05) is 19.8 Å². The van der Waals surface area contributed by atoms with Crippen molar-refractivity contribution in [1.29, 1.82) is 0 Å². The van der Waals surface area contributed by atoms with Gasteiger partial charge < -0.3 is 4.43 Å². The second-order valence-corrected chi connectivity index (χ2v) is 7.97. The third-order valence-corrected chi connectivity index (χ3v) is 4.41. The first-order chi connectivity index (χ1) is 5.62. The topological polar surface area (TPSA) is 9.23 Å². The monoisotopic (exact) mass is 184 g/mol. The molecule has 0 unspecified atom stereocenters. The minimum absolute atomic E-state index is 0.749. The molecule has 0 spiro atoms. The maximum Gasteiger partial charge on any atom is 0.186 e.